The first-order valence-electron chi connectivity index (χ1n) is 12.0. The molecule has 3 aromatic rings. The van der Waals surface area contributed by atoms with Crippen LogP contribution >= 0.6 is 11.5 Å². The van der Waals surface area contributed by atoms with Gasteiger partial charge in [0.1, 0.15) is 5.82 Å². The van der Waals surface area contributed by atoms with Gasteiger partial charge in [-0.3, -0.25) is 14.9 Å². The Morgan fingerprint density at radius 3 is 2.29 bits per heavy atom. The van der Waals surface area contributed by atoms with Crippen molar-refractivity contribution in [3.63, 3.8) is 0 Å². The van der Waals surface area contributed by atoms with E-state index in [1.165, 1.54) is 29.2 Å². The van der Waals surface area contributed by atoms with Crippen LogP contribution in [0, 0.1) is 16.0 Å². The molecule has 0 bridgehead atoms. The van der Waals surface area contributed by atoms with Crippen LogP contribution in [0.4, 0.5) is 16.5 Å². The molecule has 2 aliphatic rings. The molecule has 0 N–H and O–H groups in total. The molecule has 1 aromatic heterocycles. The van der Waals surface area contributed by atoms with E-state index < -0.39 is 0 Å². The van der Waals surface area contributed by atoms with Gasteiger partial charge in [-0.15, -0.1) is 0 Å². The molecule has 35 heavy (non-hydrogen) atoms. The van der Waals surface area contributed by atoms with Crippen molar-refractivity contribution < 1.29 is 9.72 Å². The average molecular weight is 493 g/mol. The minimum atomic E-state index is -0.389. The van der Waals surface area contributed by atoms with Crippen LogP contribution in [0.25, 0.3) is 0 Å². The maximum Gasteiger partial charge on any atom is 0.269 e. The van der Waals surface area contributed by atoms with E-state index >= 15 is 0 Å². The molecule has 0 spiro atoms. The summed E-state index contributed by atoms with van der Waals surface area (Å²) < 4.78 is 4.54. The fraction of sp³-hybridized carbons (Fsp3) is 0.400. The number of nitro groups is 1. The molecule has 1 amide bonds. The number of rotatable bonds is 6. The smallest absolute Gasteiger partial charge is 0.269 e. The van der Waals surface area contributed by atoms with Crippen LogP contribution in [0.5, 0.6) is 0 Å². The zero-order valence-corrected chi connectivity index (χ0v) is 20.3. The first kappa shape index (κ1) is 23.2. The van der Waals surface area contributed by atoms with Crippen molar-refractivity contribution >= 4 is 33.9 Å². The van der Waals surface area contributed by atoms with Crippen molar-refractivity contribution in [1.29, 1.82) is 0 Å². The van der Waals surface area contributed by atoms with Gasteiger partial charge in [-0.05, 0) is 30.5 Å². The molecule has 3 heterocycles. The number of hydrogen-bond donors (Lipinski definition) is 0. The van der Waals surface area contributed by atoms with Gasteiger partial charge in [-0.25, -0.2) is 4.98 Å². The molecule has 10 heteroatoms. The standard InChI is InChI=1S/C25H28N6O3S/c32-24(29-16-14-28(15-17-29)21-6-8-22(9-7-21)31(33)34)20-10-12-30(13-11-20)25-26-23(27-35-25)18-19-4-2-1-3-5-19/h1-9,20H,10-18H2. The predicted octanol–water partition coefficient (Wildman–Crippen LogP) is 3.60. The van der Waals surface area contributed by atoms with Crippen LogP contribution in [0.3, 0.4) is 0 Å². The van der Waals surface area contributed by atoms with Crippen molar-refractivity contribution in [3.05, 3.63) is 76.1 Å². The molecule has 2 saturated heterocycles. The minimum absolute atomic E-state index is 0.0499. The van der Waals surface area contributed by atoms with Gasteiger partial charge in [0, 0.05) is 81.0 Å². The highest BCUT2D eigenvalue weighted by molar-refractivity contribution is 7.09. The van der Waals surface area contributed by atoms with Gasteiger partial charge >= 0.3 is 0 Å². The highest BCUT2D eigenvalue weighted by atomic mass is 32.1. The Hall–Kier alpha value is -3.53. The first-order chi connectivity index (χ1) is 17.1. The van der Waals surface area contributed by atoms with Crippen molar-refractivity contribution in [3.8, 4) is 0 Å². The topological polar surface area (TPSA) is 95.7 Å². The van der Waals surface area contributed by atoms with E-state index in [1.54, 1.807) is 12.1 Å². The van der Waals surface area contributed by atoms with Crippen LogP contribution in [-0.4, -0.2) is 64.4 Å². The number of piperidine rings is 1. The number of anilines is 2. The molecule has 0 unspecified atom stereocenters. The van der Waals surface area contributed by atoms with E-state index in [2.05, 4.69) is 26.3 Å². The third kappa shape index (κ3) is 5.43. The van der Waals surface area contributed by atoms with Crippen LogP contribution in [0.15, 0.2) is 54.6 Å². The van der Waals surface area contributed by atoms with Crippen LogP contribution in [0.2, 0.25) is 0 Å². The molecule has 2 fully saturated rings. The molecule has 0 radical (unpaired) electrons. The number of nitrogens with zero attached hydrogens (tertiary/aromatic N) is 6. The second kappa shape index (κ2) is 10.4. The highest BCUT2D eigenvalue weighted by Gasteiger charge is 2.31. The van der Waals surface area contributed by atoms with Crippen molar-refractivity contribution in [2.45, 2.75) is 19.3 Å². The molecule has 0 saturated carbocycles. The van der Waals surface area contributed by atoms with E-state index in [1.807, 2.05) is 23.1 Å². The molecule has 0 atom stereocenters. The Balaban J connectivity index is 1.09. The fourth-order valence-electron chi connectivity index (χ4n) is 4.77. The Bertz CT molecular complexity index is 1150. The predicted molar refractivity (Wildman–Crippen MR) is 136 cm³/mol. The summed E-state index contributed by atoms with van der Waals surface area (Å²) in [5.41, 5.74) is 2.25. The van der Waals surface area contributed by atoms with Crippen molar-refractivity contribution in [2.75, 3.05) is 49.1 Å². The number of benzene rings is 2. The lowest BCUT2D eigenvalue weighted by Gasteiger charge is -2.39. The van der Waals surface area contributed by atoms with E-state index in [0.717, 1.165) is 62.1 Å². The molecule has 2 aromatic carbocycles. The summed E-state index contributed by atoms with van der Waals surface area (Å²) in [4.78, 5) is 34.8. The largest absolute Gasteiger partial charge is 0.368 e. The monoisotopic (exact) mass is 492 g/mol. The lowest BCUT2D eigenvalue weighted by molar-refractivity contribution is -0.384. The Morgan fingerprint density at radius 2 is 1.63 bits per heavy atom. The van der Waals surface area contributed by atoms with Crippen molar-refractivity contribution in [2.24, 2.45) is 5.92 Å². The van der Waals surface area contributed by atoms with Gasteiger partial charge in [0.25, 0.3) is 5.69 Å². The third-order valence-corrected chi connectivity index (χ3v) is 7.61. The summed E-state index contributed by atoms with van der Waals surface area (Å²) in [7, 11) is 0. The van der Waals surface area contributed by atoms with E-state index in [0.29, 0.717) is 13.1 Å². The molecule has 9 nitrogen and oxygen atoms in total. The van der Waals surface area contributed by atoms with Gasteiger partial charge in [0.05, 0.1) is 4.92 Å². The Kier molecular flexibility index (Phi) is 6.89. The number of carbonyl (C=O) groups is 1. The SMILES string of the molecule is O=C(C1CCN(c2nc(Cc3ccccc3)ns2)CC1)N1CCN(c2ccc([N+](=O)[O-])cc2)CC1. The number of nitro benzene ring substituents is 1. The van der Waals surface area contributed by atoms with Crippen LogP contribution < -0.4 is 9.80 Å². The van der Waals surface area contributed by atoms with Gasteiger partial charge in [0.2, 0.25) is 11.0 Å². The van der Waals surface area contributed by atoms with Crippen molar-refractivity contribution in [1.82, 2.24) is 14.3 Å². The van der Waals surface area contributed by atoms with E-state index in [9.17, 15) is 14.9 Å². The summed E-state index contributed by atoms with van der Waals surface area (Å²) in [6.07, 6.45) is 2.39. The maximum absolute atomic E-state index is 13.2. The minimum Gasteiger partial charge on any atom is -0.368 e. The van der Waals surface area contributed by atoms with Gasteiger partial charge < -0.3 is 14.7 Å². The van der Waals surface area contributed by atoms with Gasteiger partial charge in [-0.1, -0.05) is 30.3 Å². The van der Waals surface area contributed by atoms with Crippen LogP contribution in [-0.2, 0) is 11.2 Å². The molecule has 2 aliphatic heterocycles. The molecular weight excluding hydrogens is 464 g/mol. The second-order valence-electron chi connectivity index (χ2n) is 9.00. The number of non-ortho nitro benzene ring substituents is 1. The fourth-order valence-corrected chi connectivity index (χ4v) is 5.51. The molecule has 0 aliphatic carbocycles. The van der Waals surface area contributed by atoms with Gasteiger partial charge in [-0.2, -0.15) is 4.37 Å². The number of carbonyl (C=O) groups excluding carboxylic acids is 1. The van der Waals surface area contributed by atoms with Crippen LogP contribution in [0.1, 0.15) is 24.2 Å². The molecule has 5 rings (SSSR count). The highest BCUT2D eigenvalue weighted by Crippen LogP contribution is 2.27. The normalized spacial score (nSPS) is 17.0. The third-order valence-electron chi connectivity index (χ3n) is 6.79. The summed E-state index contributed by atoms with van der Waals surface area (Å²) in [5, 5.41) is 11.8. The molecular formula is C25H28N6O3S. The lowest BCUT2D eigenvalue weighted by Crippen LogP contribution is -2.51. The Labute approximate surface area is 208 Å². The second-order valence-corrected chi connectivity index (χ2v) is 9.73. The maximum atomic E-state index is 13.2. The number of piperazine rings is 1. The number of aromatic nitrogens is 2. The summed E-state index contributed by atoms with van der Waals surface area (Å²) >= 11 is 1.44. The van der Waals surface area contributed by atoms with Gasteiger partial charge in [0.15, 0.2) is 0 Å². The number of amides is 1. The number of hydrogen-bond acceptors (Lipinski definition) is 8. The van der Waals surface area contributed by atoms with E-state index in [4.69, 9.17) is 4.98 Å². The summed E-state index contributed by atoms with van der Waals surface area (Å²) in [5.74, 6) is 1.14. The zero-order valence-electron chi connectivity index (χ0n) is 19.5. The first-order valence-corrected chi connectivity index (χ1v) is 12.7. The van der Waals surface area contributed by atoms with E-state index in [-0.39, 0.29) is 22.4 Å². The quantitative estimate of drug-likeness (QED) is 0.383. The summed E-state index contributed by atoms with van der Waals surface area (Å²) in [6.45, 7) is 4.46. The lowest BCUT2D eigenvalue weighted by atomic mass is 9.95. The molecule has 182 valence electrons. The average Bonchev–Trinajstić information content (AvgIpc) is 3.37. The summed E-state index contributed by atoms with van der Waals surface area (Å²) in [6, 6.07) is 16.9. The Morgan fingerprint density at radius 1 is 0.943 bits per heavy atom. The zero-order chi connectivity index (χ0) is 24.2.